The van der Waals surface area contributed by atoms with Crippen LogP contribution in [0.15, 0.2) is 34.1 Å². The van der Waals surface area contributed by atoms with Gasteiger partial charge in [-0.15, -0.1) is 23.5 Å². The van der Waals surface area contributed by atoms with E-state index in [9.17, 15) is 9.59 Å². The van der Waals surface area contributed by atoms with Crippen LogP contribution in [0.2, 0.25) is 0 Å². The Morgan fingerprint density at radius 1 is 0.846 bits per heavy atom. The second-order valence-electron chi connectivity index (χ2n) is 5.69. The zero-order valence-electron chi connectivity index (χ0n) is 15.7. The molecule has 0 saturated heterocycles. The van der Waals surface area contributed by atoms with Gasteiger partial charge < -0.3 is 9.47 Å². The fraction of sp³-hybridized carbons (Fsp3) is 0.400. The minimum absolute atomic E-state index is 0.303. The number of aryl methyl sites for hydroxylation is 2. The minimum atomic E-state index is -0.379. The number of esters is 2. The van der Waals surface area contributed by atoms with Crippen LogP contribution in [-0.4, -0.2) is 36.7 Å². The molecule has 0 saturated carbocycles. The Labute approximate surface area is 164 Å². The third kappa shape index (κ3) is 7.70. The van der Waals surface area contributed by atoms with Crippen LogP contribution in [0.5, 0.6) is 0 Å². The van der Waals surface area contributed by atoms with Crippen molar-refractivity contribution in [3.05, 3.63) is 47.6 Å². The fourth-order valence-corrected chi connectivity index (χ4v) is 3.56. The number of ether oxygens (including phenoxy) is 2. The highest BCUT2D eigenvalue weighted by Crippen LogP contribution is 2.32. The van der Waals surface area contributed by atoms with Gasteiger partial charge in [-0.05, 0) is 38.8 Å². The summed E-state index contributed by atoms with van der Waals surface area (Å²) in [6.07, 6.45) is 0. The van der Waals surface area contributed by atoms with Gasteiger partial charge in [0.15, 0.2) is 0 Å². The van der Waals surface area contributed by atoms with E-state index >= 15 is 0 Å². The van der Waals surface area contributed by atoms with Crippen LogP contribution in [0.1, 0.15) is 25.0 Å². The highest BCUT2D eigenvalue weighted by atomic mass is 32.2. The molecule has 26 heavy (non-hydrogen) atoms. The molecule has 0 bridgehead atoms. The van der Waals surface area contributed by atoms with Gasteiger partial charge in [-0.2, -0.15) is 0 Å². The van der Waals surface area contributed by atoms with Gasteiger partial charge in [-0.1, -0.05) is 13.2 Å². The van der Waals surface area contributed by atoms with Crippen molar-refractivity contribution in [1.82, 2.24) is 0 Å². The summed E-state index contributed by atoms with van der Waals surface area (Å²) in [5, 5.41) is 0. The molecule has 0 aliphatic rings. The van der Waals surface area contributed by atoms with Crippen LogP contribution in [0.25, 0.3) is 0 Å². The molecule has 6 heteroatoms. The highest BCUT2D eigenvalue weighted by molar-refractivity contribution is 8.02. The summed E-state index contributed by atoms with van der Waals surface area (Å²) in [6.45, 7) is 14.9. The summed E-state index contributed by atoms with van der Waals surface area (Å²) < 4.78 is 10.2. The third-order valence-electron chi connectivity index (χ3n) is 3.19. The number of hydrogen-bond donors (Lipinski definition) is 0. The number of carbonyl (C=O) groups excluding carboxylic acids is 2. The van der Waals surface area contributed by atoms with Crippen LogP contribution in [-0.2, 0) is 19.1 Å². The highest BCUT2D eigenvalue weighted by Gasteiger charge is 2.10. The van der Waals surface area contributed by atoms with E-state index < -0.39 is 0 Å². The second kappa shape index (κ2) is 11.1. The molecule has 0 amide bonds. The smallest absolute Gasteiger partial charge is 0.333 e. The molecule has 0 heterocycles. The summed E-state index contributed by atoms with van der Waals surface area (Å²) in [7, 11) is 0. The van der Waals surface area contributed by atoms with Crippen molar-refractivity contribution in [2.75, 3.05) is 24.7 Å². The summed E-state index contributed by atoms with van der Waals surface area (Å²) in [5.74, 6) is 0.471. The quantitative estimate of drug-likeness (QED) is 0.256. The lowest BCUT2D eigenvalue weighted by molar-refractivity contribution is -0.139. The summed E-state index contributed by atoms with van der Waals surface area (Å²) in [6, 6.07) is 6.71. The molecule has 1 aromatic rings. The Hall–Kier alpha value is -1.66. The predicted molar refractivity (Wildman–Crippen MR) is 107 cm³/mol. The molecular weight excluding hydrogens is 368 g/mol. The molecule has 0 aliphatic carbocycles. The average molecular weight is 393 g/mol. The molecule has 4 nitrogen and oxygen atoms in total. The first-order chi connectivity index (χ1) is 12.2. The van der Waals surface area contributed by atoms with E-state index in [1.54, 1.807) is 37.4 Å². The van der Waals surface area contributed by atoms with Gasteiger partial charge in [0.2, 0.25) is 0 Å². The van der Waals surface area contributed by atoms with E-state index in [0.717, 1.165) is 20.9 Å². The molecule has 140 valence electrons. The van der Waals surface area contributed by atoms with Gasteiger partial charge in [0.1, 0.15) is 13.2 Å². The molecule has 1 rings (SSSR count). The van der Waals surface area contributed by atoms with Crippen molar-refractivity contribution in [3.63, 3.8) is 0 Å². The number of benzene rings is 1. The SMILES string of the molecule is C=C(C)C(=O)OCCSc1[c]c(C)c(C)[c]c1SCCOC(=O)C(=C)C. The van der Waals surface area contributed by atoms with E-state index in [-0.39, 0.29) is 11.9 Å². The zero-order chi connectivity index (χ0) is 19.7. The number of thioether (sulfide) groups is 2. The Kier molecular flexibility index (Phi) is 9.59. The monoisotopic (exact) mass is 392 g/mol. The molecule has 0 aliphatic heterocycles. The average Bonchev–Trinajstić information content (AvgIpc) is 2.58. The Bertz CT molecular complexity index is 636. The van der Waals surface area contributed by atoms with Crippen molar-refractivity contribution >= 4 is 35.5 Å². The molecule has 1 aromatic carbocycles. The van der Waals surface area contributed by atoms with Crippen molar-refractivity contribution in [1.29, 1.82) is 0 Å². The molecule has 0 fully saturated rings. The van der Waals surface area contributed by atoms with Gasteiger partial charge in [-0.25, -0.2) is 9.59 Å². The molecule has 0 N–H and O–H groups in total. The van der Waals surface area contributed by atoms with Gasteiger partial charge in [0.05, 0.1) is 0 Å². The number of hydrogen-bond acceptors (Lipinski definition) is 6. The predicted octanol–water partition coefficient (Wildman–Crippen LogP) is 4.33. The van der Waals surface area contributed by atoms with E-state index in [1.807, 2.05) is 13.8 Å². The largest absolute Gasteiger partial charge is 0.461 e. The van der Waals surface area contributed by atoms with E-state index in [4.69, 9.17) is 9.47 Å². The van der Waals surface area contributed by atoms with Gasteiger partial charge >= 0.3 is 11.9 Å². The Morgan fingerprint density at radius 2 is 1.19 bits per heavy atom. The maximum absolute atomic E-state index is 11.4. The zero-order valence-corrected chi connectivity index (χ0v) is 17.3. The van der Waals surface area contributed by atoms with Crippen LogP contribution in [0.3, 0.4) is 0 Å². The minimum Gasteiger partial charge on any atom is -0.461 e. The van der Waals surface area contributed by atoms with E-state index in [0.29, 0.717) is 35.9 Å². The summed E-state index contributed by atoms with van der Waals surface area (Å²) >= 11 is 3.11. The summed E-state index contributed by atoms with van der Waals surface area (Å²) in [5.41, 5.74) is 2.84. The van der Waals surface area contributed by atoms with Crippen molar-refractivity contribution in [2.24, 2.45) is 0 Å². The van der Waals surface area contributed by atoms with Gasteiger partial charge in [-0.3, -0.25) is 0 Å². The standard InChI is InChI=1S/C20H24O4S2/c1-13(2)19(21)23-7-9-25-17-11-15(5)16(6)12-18(17)26-10-8-24-20(22)14(3)4/h1,3,7-10H2,2,4-6H3. The lowest BCUT2D eigenvalue weighted by Gasteiger charge is -2.12. The molecule has 0 aromatic heterocycles. The number of rotatable bonds is 10. The lowest BCUT2D eigenvalue weighted by atomic mass is 10.1. The van der Waals surface area contributed by atoms with Crippen molar-refractivity contribution in [3.8, 4) is 0 Å². The topological polar surface area (TPSA) is 52.6 Å². The van der Waals surface area contributed by atoms with Crippen LogP contribution >= 0.6 is 23.5 Å². The normalized spacial score (nSPS) is 10.3. The van der Waals surface area contributed by atoms with Gasteiger partial charge in [0.25, 0.3) is 0 Å². The maximum atomic E-state index is 11.4. The van der Waals surface area contributed by atoms with Crippen LogP contribution in [0, 0.1) is 26.0 Å². The maximum Gasteiger partial charge on any atom is 0.333 e. The first kappa shape index (κ1) is 22.4. The van der Waals surface area contributed by atoms with Crippen molar-refractivity contribution in [2.45, 2.75) is 37.5 Å². The number of carbonyl (C=O) groups is 2. The fourth-order valence-electron chi connectivity index (χ4n) is 1.65. The van der Waals surface area contributed by atoms with Crippen molar-refractivity contribution < 1.29 is 19.1 Å². The van der Waals surface area contributed by atoms with Crippen LogP contribution < -0.4 is 0 Å². The van der Waals surface area contributed by atoms with Gasteiger partial charge in [0, 0.05) is 44.6 Å². The molecule has 0 atom stereocenters. The third-order valence-corrected chi connectivity index (χ3v) is 5.25. The second-order valence-corrected chi connectivity index (χ2v) is 7.90. The first-order valence-corrected chi connectivity index (χ1v) is 10.1. The molecule has 2 radical (unpaired) electrons. The van der Waals surface area contributed by atoms with Crippen LogP contribution in [0.4, 0.5) is 0 Å². The lowest BCUT2D eigenvalue weighted by Crippen LogP contribution is -2.08. The Balaban J connectivity index is 2.60. The first-order valence-electron chi connectivity index (χ1n) is 8.09. The molecule has 0 unspecified atom stereocenters. The molecule has 0 spiro atoms. The van der Waals surface area contributed by atoms with E-state index in [1.165, 1.54) is 0 Å². The van der Waals surface area contributed by atoms with E-state index in [2.05, 4.69) is 25.3 Å². The Morgan fingerprint density at radius 3 is 1.50 bits per heavy atom. The molecular formula is C20H24O4S2. The summed E-state index contributed by atoms with van der Waals surface area (Å²) in [4.78, 5) is 24.7.